The third-order valence-electron chi connectivity index (χ3n) is 7.62. The highest BCUT2D eigenvalue weighted by molar-refractivity contribution is 5.60. The molecule has 0 aromatic carbocycles. The molecule has 3 unspecified atom stereocenters. The van der Waals surface area contributed by atoms with E-state index in [1.54, 1.807) is 19.9 Å². The molecular weight excluding hydrogens is 415 g/mol. The molecule has 1 aromatic heterocycles. The van der Waals surface area contributed by atoms with Gasteiger partial charge in [-0.2, -0.15) is 4.68 Å². The minimum atomic E-state index is -1.07. The summed E-state index contributed by atoms with van der Waals surface area (Å²) in [6.45, 7) is 4.25. The van der Waals surface area contributed by atoms with Crippen molar-refractivity contribution in [1.29, 1.82) is 0 Å². The maximum absolute atomic E-state index is 14.4. The Morgan fingerprint density at radius 2 is 2.00 bits per heavy atom. The summed E-state index contributed by atoms with van der Waals surface area (Å²) in [6, 6.07) is -0.0500. The largest absolute Gasteiger partial charge is 0.393 e. The monoisotopic (exact) mass is 448 g/mol. The molecule has 2 aliphatic carbocycles. The second-order valence-corrected chi connectivity index (χ2v) is 9.48. The van der Waals surface area contributed by atoms with Crippen LogP contribution in [0.15, 0.2) is 21.6 Å². The van der Waals surface area contributed by atoms with Gasteiger partial charge in [0.25, 0.3) is 5.56 Å². The topological polar surface area (TPSA) is 114 Å². The smallest absolute Gasteiger partial charge is 0.350 e. The molecule has 176 valence electrons. The van der Waals surface area contributed by atoms with Crippen molar-refractivity contribution in [2.75, 3.05) is 25.5 Å². The van der Waals surface area contributed by atoms with E-state index < -0.39 is 16.9 Å². The van der Waals surface area contributed by atoms with Crippen molar-refractivity contribution >= 4 is 11.6 Å². The minimum absolute atomic E-state index is 0.0241. The van der Waals surface area contributed by atoms with E-state index in [-0.39, 0.29) is 29.7 Å². The van der Waals surface area contributed by atoms with Gasteiger partial charge in [0.15, 0.2) is 0 Å². The van der Waals surface area contributed by atoms with Gasteiger partial charge in [0.1, 0.15) is 6.33 Å². The summed E-state index contributed by atoms with van der Waals surface area (Å²) in [7, 11) is 0. The highest BCUT2D eigenvalue weighted by atomic mass is 19.1. The summed E-state index contributed by atoms with van der Waals surface area (Å²) in [5, 5.41) is 21.3. The van der Waals surface area contributed by atoms with Crippen molar-refractivity contribution in [2.45, 2.75) is 64.0 Å². The van der Waals surface area contributed by atoms with Crippen LogP contribution in [0.25, 0.3) is 11.6 Å². The first-order valence-electron chi connectivity index (χ1n) is 11.5. The predicted octanol–water partition coefficient (Wildman–Crippen LogP) is -0.314. The van der Waals surface area contributed by atoms with Gasteiger partial charge in [0, 0.05) is 19.1 Å². The lowest BCUT2D eigenvalue weighted by molar-refractivity contribution is -0.123. The molecule has 32 heavy (non-hydrogen) atoms. The first-order valence-corrected chi connectivity index (χ1v) is 11.5. The molecule has 1 aliphatic heterocycles. The van der Waals surface area contributed by atoms with E-state index in [1.165, 1.54) is 4.57 Å². The summed E-state index contributed by atoms with van der Waals surface area (Å²) in [6.07, 6.45) is 6.73. The molecule has 0 bridgehead atoms. The Morgan fingerprint density at radius 1 is 1.28 bits per heavy atom. The second-order valence-electron chi connectivity index (χ2n) is 9.48. The van der Waals surface area contributed by atoms with Crippen LogP contribution < -0.4 is 27.7 Å². The molecule has 3 aliphatic rings. The molecule has 2 saturated carbocycles. The van der Waals surface area contributed by atoms with Gasteiger partial charge in [-0.25, -0.2) is 9.18 Å². The van der Waals surface area contributed by atoms with Crippen LogP contribution in [0.2, 0.25) is 0 Å². The maximum Gasteiger partial charge on any atom is 0.350 e. The van der Waals surface area contributed by atoms with Gasteiger partial charge >= 0.3 is 5.69 Å². The van der Waals surface area contributed by atoms with E-state index in [1.807, 2.05) is 4.90 Å². The van der Waals surface area contributed by atoms with Gasteiger partial charge in [-0.05, 0) is 63.4 Å². The zero-order valence-electron chi connectivity index (χ0n) is 18.8. The van der Waals surface area contributed by atoms with Crippen molar-refractivity contribution < 1.29 is 14.6 Å². The SMILES string of the molecule is C/C=c1/c(=O)n(N)c(=O)n(C2CC2)/c1=C(C)/C(=C/F)N1CCC2C(CCCC2(O)CO)C1. The van der Waals surface area contributed by atoms with E-state index in [4.69, 9.17) is 5.84 Å². The van der Waals surface area contributed by atoms with Crippen LogP contribution >= 0.6 is 0 Å². The number of rotatable bonds is 4. The van der Waals surface area contributed by atoms with Gasteiger partial charge in [0.05, 0.1) is 28.5 Å². The highest BCUT2D eigenvalue weighted by Gasteiger charge is 2.46. The summed E-state index contributed by atoms with van der Waals surface area (Å²) in [5.74, 6) is 5.87. The zero-order valence-corrected chi connectivity index (χ0v) is 18.8. The lowest BCUT2D eigenvalue weighted by atomic mass is 9.66. The number of nitrogen functional groups attached to an aromatic ring is 1. The van der Waals surface area contributed by atoms with Crippen LogP contribution in [0.4, 0.5) is 4.39 Å². The normalized spacial score (nSPS) is 30.3. The molecule has 0 spiro atoms. The number of hydrogen-bond acceptors (Lipinski definition) is 6. The predicted molar refractivity (Wildman–Crippen MR) is 120 cm³/mol. The number of aliphatic hydroxyl groups is 2. The van der Waals surface area contributed by atoms with E-state index in [9.17, 15) is 24.2 Å². The van der Waals surface area contributed by atoms with E-state index >= 15 is 0 Å². The molecule has 4 N–H and O–H groups in total. The Kier molecular flexibility index (Phi) is 6.06. The van der Waals surface area contributed by atoms with Gasteiger partial charge in [-0.1, -0.05) is 12.5 Å². The number of likely N-dealkylation sites (tertiary alicyclic amines) is 1. The molecule has 2 heterocycles. The van der Waals surface area contributed by atoms with Crippen molar-refractivity contribution in [3.05, 3.63) is 43.4 Å². The molecule has 1 aromatic rings. The number of allylic oxidation sites excluding steroid dienone is 1. The quantitative estimate of drug-likeness (QED) is 0.545. The first kappa shape index (κ1) is 22.8. The summed E-state index contributed by atoms with van der Waals surface area (Å²) >= 11 is 0. The van der Waals surface area contributed by atoms with Gasteiger partial charge in [0.2, 0.25) is 0 Å². The average molecular weight is 449 g/mol. The Bertz CT molecular complexity index is 1170. The van der Waals surface area contributed by atoms with Crippen LogP contribution in [0.5, 0.6) is 0 Å². The number of nitrogens with two attached hydrogens (primary N) is 1. The third kappa shape index (κ3) is 3.61. The summed E-state index contributed by atoms with van der Waals surface area (Å²) < 4.78 is 16.5. The maximum atomic E-state index is 14.4. The fraction of sp³-hybridized carbons (Fsp3) is 0.652. The number of hydrogen-bond donors (Lipinski definition) is 3. The molecule has 9 heteroatoms. The van der Waals surface area contributed by atoms with E-state index in [2.05, 4.69) is 0 Å². The number of piperidine rings is 1. The Morgan fingerprint density at radius 3 is 2.59 bits per heavy atom. The van der Waals surface area contributed by atoms with Crippen molar-refractivity contribution in [3.63, 3.8) is 0 Å². The number of fused-ring (bicyclic) bond motifs is 1. The van der Waals surface area contributed by atoms with Gasteiger partial charge in [-0.15, -0.1) is 0 Å². The van der Waals surface area contributed by atoms with Gasteiger partial charge < -0.3 is 21.0 Å². The molecule has 0 radical (unpaired) electrons. The summed E-state index contributed by atoms with van der Waals surface area (Å²) in [4.78, 5) is 27.5. The van der Waals surface area contributed by atoms with Crippen LogP contribution in [-0.4, -0.2) is 49.7 Å². The third-order valence-corrected chi connectivity index (χ3v) is 7.62. The minimum Gasteiger partial charge on any atom is -0.393 e. The highest BCUT2D eigenvalue weighted by Crippen LogP contribution is 2.43. The first-order chi connectivity index (χ1) is 15.3. The lowest BCUT2D eigenvalue weighted by Gasteiger charge is -2.50. The van der Waals surface area contributed by atoms with Crippen molar-refractivity contribution in [3.8, 4) is 0 Å². The lowest BCUT2D eigenvalue weighted by Crippen LogP contribution is -2.61. The Labute approximate surface area is 185 Å². The fourth-order valence-electron chi connectivity index (χ4n) is 5.79. The molecular formula is C23H33FN4O4. The fourth-order valence-corrected chi connectivity index (χ4v) is 5.79. The number of aromatic nitrogens is 2. The van der Waals surface area contributed by atoms with Crippen LogP contribution in [0, 0.1) is 11.8 Å². The van der Waals surface area contributed by atoms with Crippen LogP contribution in [0.1, 0.15) is 58.4 Å². The molecule has 1 saturated heterocycles. The standard InChI is InChI=1S/C23H33FN4O4/c1-3-17-20(27(16-6-7-16)22(31)28(25)21(17)30)14(2)19(11-24)26-10-8-18-15(12-26)5-4-9-23(18,32)13-29/h3,11,15-16,18,29,32H,4-10,12-13,25H2,1-2H3/b17-3+,19-11-,20-14+. The molecule has 3 atom stereocenters. The molecule has 4 rings (SSSR count). The second kappa shape index (κ2) is 8.51. The van der Waals surface area contributed by atoms with Crippen LogP contribution in [-0.2, 0) is 0 Å². The van der Waals surface area contributed by atoms with Crippen LogP contribution in [0.3, 0.4) is 0 Å². The van der Waals surface area contributed by atoms with E-state index in [0.29, 0.717) is 53.6 Å². The molecule has 8 nitrogen and oxygen atoms in total. The Balaban J connectivity index is 1.81. The Hall–Kier alpha value is -2.39. The number of halogens is 1. The number of nitrogens with zero attached hydrogens (tertiary/aromatic N) is 3. The van der Waals surface area contributed by atoms with Crippen molar-refractivity contribution in [1.82, 2.24) is 14.1 Å². The van der Waals surface area contributed by atoms with Gasteiger partial charge in [-0.3, -0.25) is 9.36 Å². The molecule has 0 amide bonds. The zero-order chi connectivity index (χ0) is 23.2. The molecule has 3 fully saturated rings. The average Bonchev–Trinajstić information content (AvgIpc) is 3.63. The van der Waals surface area contributed by atoms with Crippen molar-refractivity contribution in [2.24, 2.45) is 11.8 Å². The number of aliphatic hydroxyl groups excluding tert-OH is 1. The summed E-state index contributed by atoms with van der Waals surface area (Å²) in [5.41, 5.74) is -1.40. The van der Waals surface area contributed by atoms with E-state index in [0.717, 1.165) is 25.7 Å².